The summed E-state index contributed by atoms with van der Waals surface area (Å²) >= 11 is 5.90. The maximum Gasteiger partial charge on any atom is 0.328 e. The van der Waals surface area contributed by atoms with Gasteiger partial charge in [-0.05, 0) is 54.6 Å². The Labute approximate surface area is 183 Å². The molecule has 0 saturated carbocycles. The number of hydrogen-bond donors (Lipinski definition) is 3. The standard InChI is InChI=1S/C22H20ClN3O5/c1-31-18-9-5-14(6-10-18)19-11-7-17(8-12-20(27)28)26(19)25-22(30)21(29)24-16-4-2-3-15(23)13-16/h2-7,9-11,13H,8,12H2,1H3,(H,24,29)(H,25,30)(H,27,28). The van der Waals surface area contributed by atoms with Crippen LogP contribution < -0.4 is 15.5 Å². The quantitative estimate of drug-likeness (QED) is 0.486. The summed E-state index contributed by atoms with van der Waals surface area (Å²) in [6.07, 6.45) is 0.0400. The number of anilines is 1. The second kappa shape index (κ2) is 9.82. The Balaban J connectivity index is 1.85. The third-order valence-corrected chi connectivity index (χ3v) is 4.68. The zero-order valence-electron chi connectivity index (χ0n) is 16.6. The van der Waals surface area contributed by atoms with Crippen LogP contribution in [0.25, 0.3) is 11.3 Å². The number of carbonyl (C=O) groups is 3. The third kappa shape index (κ3) is 5.64. The maximum atomic E-state index is 12.6. The number of benzene rings is 2. The molecular formula is C22H20ClN3O5. The first-order valence-electron chi connectivity index (χ1n) is 9.32. The number of aryl methyl sites for hydroxylation is 1. The second-order valence-electron chi connectivity index (χ2n) is 6.57. The second-order valence-corrected chi connectivity index (χ2v) is 7.01. The van der Waals surface area contributed by atoms with Gasteiger partial charge in [0.25, 0.3) is 0 Å². The smallest absolute Gasteiger partial charge is 0.328 e. The molecule has 2 aromatic carbocycles. The molecular weight excluding hydrogens is 422 g/mol. The number of nitrogens with one attached hydrogen (secondary N) is 2. The van der Waals surface area contributed by atoms with Crippen LogP contribution in [0.1, 0.15) is 12.1 Å². The van der Waals surface area contributed by atoms with Gasteiger partial charge in [-0.3, -0.25) is 24.5 Å². The van der Waals surface area contributed by atoms with Crippen LogP contribution in [0.2, 0.25) is 5.02 Å². The Morgan fingerprint density at radius 2 is 1.77 bits per heavy atom. The van der Waals surface area contributed by atoms with E-state index in [1.54, 1.807) is 61.7 Å². The van der Waals surface area contributed by atoms with Crippen molar-refractivity contribution in [2.75, 3.05) is 17.9 Å². The minimum absolute atomic E-state index is 0.128. The summed E-state index contributed by atoms with van der Waals surface area (Å²) < 4.78 is 6.58. The molecule has 1 aromatic heterocycles. The number of nitrogens with zero attached hydrogens (tertiary/aromatic N) is 1. The van der Waals surface area contributed by atoms with Crippen LogP contribution in [0.3, 0.4) is 0 Å². The molecule has 9 heteroatoms. The number of carbonyl (C=O) groups excluding carboxylic acids is 2. The van der Waals surface area contributed by atoms with Crippen LogP contribution >= 0.6 is 11.6 Å². The summed E-state index contributed by atoms with van der Waals surface area (Å²) in [5.74, 6) is -2.11. The van der Waals surface area contributed by atoms with Crippen molar-refractivity contribution in [2.24, 2.45) is 0 Å². The lowest BCUT2D eigenvalue weighted by Crippen LogP contribution is -2.35. The molecule has 0 spiro atoms. The van der Waals surface area contributed by atoms with Crippen LogP contribution in [0, 0.1) is 0 Å². The molecule has 0 saturated heterocycles. The fourth-order valence-corrected chi connectivity index (χ4v) is 3.12. The van der Waals surface area contributed by atoms with E-state index >= 15 is 0 Å². The Bertz CT molecular complexity index is 1110. The van der Waals surface area contributed by atoms with Crippen LogP contribution in [-0.2, 0) is 20.8 Å². The lowest BCUT2D eigenvalue weighted by molar-refractivity contribution is -0.137. The van der Waals surface area contributed by atoms with Crippen LogP contribution in [-0.4, -0.2) is 34.7 Å². The molecule has 0 aliphatic carbocycles. The highest BCUT2D eigenvalue weighted by Gasteiger charge is 2.19. The van der Waals surface area contributed by atoms with Crippen molar-refractivity contribution in [2.45, 2.75) is 12.8 Å². The van der Waals surface area contributed by atoms with Crippen molar-refractivity contribution in [1.29, 1.82) is 0 Å². The summed E-state index contributed by atoms with van der Waals surface area (Å²) in [4.78, 5) is 35.9. The van der Waals surface area contributed by atoms with E-state index in [0.29, 0.717) is 27.8 Å². The number of aliphatic carboxylic acids is 1. The Morgan fingerprint density at radius 3 is 2.42 bits per heavy atom. The number of halogens is 1. The van der Waals surface area contributed by atoms with Crippen LogP contribution in [0.15, 0.2) is 60.7 Å². The van der Waals surface area contributed by atoms with Gasteiger partial charge in [-0.1, -0.05) is 17.7 Å². The molecule has 2 amide bonds. The number of carboxylic acid groups (broad SMARTS) is 1. The number of rotatable bonds is 7. The molecule has 3 aromatic rings. The molecule has 3 rings (SSSR count). The van der Waals surface area contributed by atoms with Gasteiger partial charge in [0.2, 0.25) is 0 Å². The maximum absolute atomic E-state index is 12.6. The molecule has 0 aliphatic heterocycles. The van der Waals surface area contributed by atoms with E-state index < -0.39 is 17.8 Å². The van der Waals surface area contributed by atoms with Gasteiger partial charge in [0.15, 0.2) is 0 Å². The number of aromatic nitrogens is 1. The largest absolute Gasteiger partial charge is 0.497 e. The monoisotopic (exact) mass is 441 g/mol. The molecule has 1 heterocycles. The minimum Gasteiger partial charge on any atom is -0.497 e. The van der Waals surface area contributed by atoms with Crippen molar-refractivity contribution >= 4 is 35.1 Å². The number of hydrogen-bond acceptors (Lipinski definition) is 4. The summed E-state index contributed by atoms with van der Waals surface area (Å²) in [5, 5.41) is 11.9. The van der Waals surface area contributed by atoms with Crippen molar-refractivity contribution in [1.82, 2.24) is 4.68 Å². The van der Waals surface area contributed by atoms with E-state index in [1.807, 2.05) is 0 Å². The van der Waals surface area contributed by atoms with E-state index in [1.165, 1.54) is 10.7 Å². The first kappa shape index (κ1) is 21.9. The summed E-state index contributed by atoms with van der Waals surface area (Å²) in [7, 11) is 1.56. The molecule has 8 nitrogen and oxygen atoms in total. The van der Waals surface area contributed by atoms with Crippen molar-refractivity contribution in [3.8, 4) is 17.0 Å². The number of carboxylic acids is 1. The predicted molar refractivity (Wildman–Crippen MR) is 117 cm³/mol. The van der Waals surface area contributed by atoms with Gasteiger partial charge in [0.1, 0.15) is 5.75 Å². The molecule has 31 heavy (non-hydrogen) atoms. The first-order valence-corrected chi connectivity index (χ1v) is 9.70. The topological polar surface area (TPSA) is 110 Å². The van der Waals surface area contributed by atoms with Gasteiger partial charge in [0, 0.05) is 28.4 Å². The third-order valence-electron chi connectivity index (χ3n) is 4.44. The van der Waals surface area contributed by atoms with Gasteiger partial charge < -0.3 is 15.2 Å². The predicted octanol–water partition coefficient (Wildman–Crippen LogP) is 3.54. The fraction of sp³-hybridized carbons (Fsp3) is 0.136. The van der Waals surface area contributed by atoms with E-state index in [0.717, 1.165) is 5.56 Å². The number of amides is 2. The van der Waals surface area contributed by atoms with E-state index in [-0.39, 0.29) is 12.8 Å². The molecule has 0 unspecified atom stereocenters. The normalized spacial score (nSPS) is 10.4. The zero-order chi connectivity index (χ0) is 22.4. The zero-order valence-corrected chi connectivity index (χ0v) is 17.3. The first-order chi connectivity index (χ1) is 14.9. The Morgan fingerprint density at radius 1 is 1.03 bits per heavy atom. The fourth-order valence-electron chi connectivity index (χ4n) is 2.93. The highest BCUT2D eigenvalue weighted by atomic mass is 35.5. The van der Waals surface area contributed by atoms with Crippen molar-refractivity contribution < 1.29 is 24.2 Å². The Hall–Kier alpha value is -3.78. The van der Waals surface area contributed by atoms with Gasteiger partial charge in [-0.2, -0.15) is 0 Å². The van der Waals surface area contributed by atoms with E-state index in [4.69, 9.17) is 21.4 Å². The molecule has 3 N–H and O–H groups in total. The lowest BCUT2D eigenvalue weighted by Gasteiger charge is -2.15. The Kier molecular flexibility index (Phi) is 6.94. The average molecular weight is 442 g/mol. The SMILES string of the molecule is COc1ccc(-c2ccc(CCC(=O)O)n2NC(=O)C(=O)Nc2cccc(Cl)c2)cc1. The molecule has 0 radical (unpaired) electrons. The molecule has 0 atom stereocenters. The molecule has 0 aliphatic rings. The van der Waals surface area contributed by atoms with Gasteiger partial charge >= 0.3 is 17.8 Å². The summed E-state index contributed by atoms with van der Waals surface area (Å²) in [6, 6.07) is 17.0. The van der Waals surface area contributed by atoms with E-state index in [2.05, 4.69) is 10.7 Å². The van der Waals surface area contributed by atoms with Gasteiger partial charge in [-0.15, -0.1) is 0 Å². The molecule has 160 valence electrons. The van der Waals surface area contributed by atoms with Crippen molar-refractivity contribution in [3.63, 3.8) is 0 Å². The molecule has 0 fully saturated rings. The summed E-state index contributed by atoms with van der Waals surface area (Å²) in [6.45, 7) is 0. The highest BCUT2D eigenvalue weighted by molar-refractivity contribution is 6.42. The number of ether oxygens (including phenoxy) is 1. The summed E-state index contributed by atoms with van der Waals surface area (Å²) in [5.41, 5.74) is 4.81. The van der Waals surface area contributed by atoms with Crippen LogP contribution in [0.4, 0.5) is 5.69 Å². The lowest BCUT2D eigenvalue weighted by atomic mass is 10.1. The van der Waals surface area contributed by atoms with Gasteiger partial charge in [-0.25, -0.2) is 0 Å². The molecule has 0 bridgehead atoms. The highest BCUT2D eigenvalue weighted by Crippen LogP contribution is 2.25. The van der Waals surface area contributed by atoms with Gasteiger partial charge in [0.05, 0.1) is 19.2 Å². The minimum atomic E-state index is -0.969. The average Bonchev–Trinajstić information content (AvgIpc) is 3.14. The van der Waals surface area contributed by atoms with E-state index in [9.17, 15) is 14.4 Å². The van der Waals surface area contributed by atoms with Crippen LogP contribution in [0.5, 0.6) is 5.75 Å². The number of methoxy groups -OCH3 is 1. The van der Waals surface area contributed by atoms with Crippen molar-refractivity contribution in [3.05, 3.63) is 71.4 Å².